The third kappa shape index (κ3) is 43.1. The summed E-state index contributed by atoms with van der Waals surface area (Å²) in [6.45, 7) is 3.07. The molecule has 0 aromatic carbocycles. The van der Waals surface area contributed by atoms with Gasteiger partial charge in [-0.25, -0.2) is 0 Å². The molecule has 0 unspecified atom stereocenters. The van der Waals surface area contributed by atoms with Crippen LogP contribution in [0.1, 0.15) is 26.7 Å². The number of carboxylic acid groups (broad SMARTS) is 2. The summed E-state index contributed by atoms with van der Waals surface area (Å²) in [5.74, 6) is -1.99. The van der Waals surface area contributed by atoms with E-state index in [1.165, 1.54) is 13.8 Å². The molecule has 0 aromatic rings. The van der Waals surface area contributed by atoms with Crippen molar-refractivity contribution in [3.05, 3.63) is 0 Å². The van der Waals surface area contributed by atoms with Crippen molar-refractivity contribution in [2.24, 2.45) is 0 Å². The van der Waals surface area contributed by atoms with Gasteiger partial charge in [0.2, 0.25) is 0 Å². The Bertz CT molecular complexity index is 104. The first-order valence-electron chi connectivity index (χ1n) is 2.94. The molecule has 0 atom stereocenters. The van der Waals surface area contributed by atoms with Crippen LogP contribution in [0.5, 0.6) is 0 Å². The molecule has 0 saturated heterocycles. The minimum absolute atomic E-state index is 0. The zero-order chi connectivity index (χ0) is 8.57. The molecule has 0 aliphatic heterocycles. The van der Waals surface area contributed by atoms with E-state index >= 15 is 0 Å². The van der Waals surface area contributed by atoms with Gasteiger partial charge in [-0.15, -0.1) is 0 Å². The molecule has 4 nitrogen and oxygen atoms in total. The molecule has 0 spiro atoms. The van der Waals surface area contributed by atoms with Crippen LogP contribution in [0.15, 0.2) is 0 Å². The van der Waals surface area contributed by atoms with Crippen LogP contribution in [0.2, 0.25) is 0 Å². The molecule has 12 heavy (non-hydrogen) atoms. The third-order valence-corrected chi connectivity index (χ3v) is 0.577. The minimum atomic E-state index is -0.995. The normalized spacial score (nSPS) is 6.17. The second-order valence-electron chi connectivity index (χ2n) is 1.45. The monoisotopic (exact) mass is 209 g/mol. The molecule has 0 radical (unpaired) electrons. The van der Waals surface area contributed by atoms with E-state index < -0.39 is 11.9 Å². The molecule has 0 aliphatic rings. The predicted molar refractivity (Wildman–Crippen MR) is 36.4 cm³/mol. The summed E-state index contributed by atoms with van der Waals surface area (Å²) < 4.78 is 0. The summed E-state index contributed by atoms with van der Waals surface area (Å²) in [5, 5.41) is 18.5. The van der Waals surface area contributed by atoms with E-state index in [9.17, 15) is 19.8 Å². The van der Waals surface area contributed by atoms with Gasteiger partial charge in [0.15, 0.2) is 0 Å². The fourth-order valence-electron chi connectivity index (χ4n) is 0. The molecule has 0 amide bonds. The van der Waals surface area contributed by atoms with Crippen molar-refractivity contribution in [3.63, 3.8) is 0 Å². The standard InChI is InChI=1S/2C3H6O2.Ca.Na/c2*1-2-3(4)5;;/h2*2H2,1H3,(H,4,5);;/q;;+2;+1/p-2. The van der Waals surface area contributed by atoms with Crippen molar-refractivity contribution in [2.75, 3.05) is 0 Å². The van der Waals surface area contributed by atoms with Crippen molar-refractivity contribution < 1.29 is 49.4 Å². The van der Waals surface area contributed by atoms with Crippen LogP contribution in [-0.2, 0) is 9.59 Å². The number of carbonyl (C=O) groups excluding carboxylic acids is 2. The second-order valence-corrected chi connectivity index (χ2v) is 1.45. The molecule has 0 aromatic heterocycles. The van der Waals surface area contributed by atoms with Gasteiger partial charge in [0, 0.05) is 11.9 Å². The van der Waals surface area contributed by atoms with Gasteiger partial charge >= 0.3 is 67.3 Å². The van der Waals surface area contributed by atoms with Crippen molar-refractivity contribution in [1.29, 1.82) is 0 Å². The average molecular weight is 209 g/mol. The van der Waals surface area contributed by atoms with Gasteiger partial charge < -0.3 is 19.8 Å². The van der Waals surface area contributed by atoms with E-state index in [4.69, 9.17) is 0 Å². The maximum Gasteiger partial charge on any atom is 2.00 e. The van der Waals surface area contributed by atoms with E-state index in [2.05, 4.69) is 0 Å². The minimum Gasteiger partial charge on any atom is -0.550 e. The van der Waals surface area contributed by atoms with Crippen molar-refractivity contribution >= 4 is 49.7 Å². The Morgan fingerprint density at radius 2 is 1.08 bits per heavy atom. The Kier molecular flexibility index (Phi) is 35.0. The molecular weight excluding hydrogens is 199 g/mol. The van der Waals surface area contributed by atoms with E-state index in [1.807, 2.05) is 0 Å². The van der Waals surface area contributed by atoms with Crippen LogP contribution < -0.4 is 39.8 Å². The van der Waals surface area contributed by atoms with Crippen molar-refractivity contribution in [2.45, 2.75) is 26.7 Å². The van der Waals surface area contributed by atoms with Crippen LogP contribution in [0.4, 0.5) is 0 Å². The van der Waals surface area contributed by atoms with Gasteiger partial charge in [0.05, 0.1) is 0 Å². The number of aliphatic carboxylic acids is 2. The smallest absolute Gasteiger partial charge is 0.550 e. The maximum absolute atomic E-state index is 9.26. The number of carbonyl (C=O) groups is 2. The van der Waals surface area contributed by atoms with Crippen molar-refractivity contribution in [1.82, 2.24) is 0 Å². The average Bonchev–Trinajstić information content (AvgIpc) is 1.89. The third-order valence-electron chi connectivity index (χ3n) is 0.577. The van der Waals surface area contributed by atoms with E-state index in [0.717, 1.165) is 0 Å². The summed E-state index contributed by atoms with van der Waals surface area (Å²) in [6, 6.07) is 0. The van der Waals surface area contributed by atoms with Crippen LogP contribution in [0.3, 0.4) is 0 Å². The molecule has 60 valence electrons. The molecule has 0 N–H and O–H groups in total. The zero-order valence-electron chi connectivity index (χ0n) is 7.75. The van der Waals surface area contributed by atoms with E-state index in [0.29, 0.717) is 0 Å². The van der Waals surface area contributed by atoms with Gasteiger partial charge in [-0.2, -0.15) is 0 Å². The second kappa shape index (κ2) is 18.1. The predicted octanol–water partition coefficient (Wildman–Crippen LogP) is -5.08. The molecule has 0 rings (SSSR count). The van der Waals surface area contributed by atoms with Crippen LogP contribution in [-0.4, -0.2) is 49.7 Å². The fourth-order valence-corrected chi connectivity index (χ4v) is 0. The summed E-state index contributed by atoms with van der Waals surface area (Å²) in [5.41, 5.74) is 0. The zero-order valence-corrected chi connectivity index (χ0v) is 12.0. The SMILES string of the molecule is CCC(=O)[O-].CCC(=O)[O-].[Ca+2].[Na+]. The molecule has 0 saturated carbocycles. The van der Waals surface area contributed by atoms with Gasteiger partial charge in [-0.05, 0) is 12.8 Å². The first-order chi connectivity index (χ1) is 4.54. The number of rotatable bonds is 2. The summed E-state index contributed by atoms with van der Waals surface area (Å²) in [7, 11) is 0. The van der Waals surface area contributed by atoms with E-state index in [1.54, 1.807) is 0 Å². The van der Waals surface area contributed by atoms with Gasteiger partial charge in [0.25, 0.3) is 0 Å². The van der Waals surface area contributed by atoms with Crippen LogP contribution in [0, 0.1) is 0 Å². The quantitative estimate of drug-likeness (QED) is 0.426. The number of carboxylic acids is 2. The Labute approximate surface area is 124 Å². The summed E-state index contributed by atoms with van der Waals surface area (Å²) >= 11 is 0. The Hall–Kier alpha value is 1.20. The molecule has 0 aliphatic carbocycles. The summed E-state index contributed by atoms with van der Waals surface area (Å²) in [4.78, 5) is 18.5. The Balaban J connectivity index is -0.0000000457. The first kappa shape index (κ1) is 23.2. The van der Waals surface area contributed by atoms with Crippen LogP contribution >= 0.6 is 0 Å². The van der Waals surface area contributed by atoms with Crippen molar-refractivity contribution in [3.8, 4) is 0 Å². The molecular formula is C6H10CaNaO4+. The van der Waals surface area contributed by atoms with Gasteiger partial charge in [0.1, 0.15) is 0 Å². The number of hydrogen-bond donors (Lipinski definition) is 0. The fraction of sp³-hybridized carbons (Fsp3) is 0.667. The largest absolute Gasteiger partial charge is 2.00 e. The van der Waals surface area contributed by atoms with Gasteiger partial charge in [-0.3, -0.25) is 0 Å². The molecule has 0 fully saturated rings. The molecule has 0 bridgehead atoms. The first-order valence-corrected chi connectivity index (χ1v) is 2.94. The van der Waals surface area contributed by atoms with Crippen LogP contribution in [0.25, 0.3) is 0 Å². The topological polar surface area (TPSA) is 80.3 Å². The number of hydrogen-bond acceptors (Lipinski definition) is 4. The Morgan fingerprint density at radius 3 is 1.08 bits per heavy atom. The van der Waals surface area contributed by atoms with E-state index in [-0.39, 0.29) is 80.1 Å². The Morgan fingerprint density at radius 1 is 1.00 bits per heavy atom. The van der Waals surface area contributed by atoms with Gasteiger partial charge in [-0.1, -0.05) is 13.8 Å². The summed E-state index contributed by atoms with van der Waals surface area (Å²) in [6.07, 6.45) is 0.222. The maximum atomic E-state index is 9.26. The molecule has 0 heterocycles. The molecule has 6 heteroatoms.